The molecule has 3 nitrogen and oxygen atoms in total. The molecule has 0 aromatic carbocycles. The molecule has 0 heterocycles. The smallest absolute Gasteiger partial charge is 0.461 e. The Bertz CT molecular complexity index is 308. The zero-order chi connectivity index (χ0) is 14.7. The van der Waals surface area contributed by atoms with Gasteiger partial charge in [-0.25, -0.2) is 4.79 Å². The van der Waals surface area contributed by atoms with Gasteiger partial charge in [0, 0.05) is 5.57 Å². The van der Waals surface area contributed by atoms with Crippen molar-refractivity contribution in [3.63, 3.8) is 0 Å². The van der Waals surface area contributed by atoms with Crippen molar-refractivity contribution in [3.8, 4) is 0 Å². The fraction of sp³-hybridized carbons (Fsp3) is 0.667. The Morgan fingerprint density at radius 3 is 1.89 bits per heavy atom. The van der Waals surface area contributed by atoms with E-state index in [2.05, 4.69) is 11.3 Å². The minimum atomic E-state index is -5.60. The van der Waals surface area contributed by atoms with Crippen LogP contribution < -0.4 is 0 Å². The molecule has 0 N–H and O–H groups in total. The summed E-state index contributed by atoms with van der Waals surface area (Å²) < 4.78 is 77.4. The Hall–Kier alpha value is -1.25. The molecule has 106 valence electrons. The first-order valence-corrected chi connectivity index (χ1v) is 4.63. The van der Waals surface area contributed by atoms with Crippen LogP contribution in [0.1, 0.15) is 13.8 Å². The Morgan fingerprint density at radius 2 is 1.61 bits per heavy atom. The number of alkyl halides is 6. The number of rotatable bonds is 4. The lowest BCUT2D eigenvalue weighted by atomic mass is 10.3. The fourth-order valence-corrected chi connectivity index (χ4v) is 1.04. The summed E-state index contributed by atoms with van der Waals surface area (Å²) in [6, 6.07) is -2.09. The lowest BCUT2D eigenvalue weighted by molar-refractivity contribution is -0.385. The van der Waals surface area contributed by atoms with Crippen molar-refractivity contribution in [2.24, 2.45) is 0 Å². The number of nitrogens with zero attached hydrogens (tertiary/aromatic N) is 1. The molecule has 0 fully saturated rings. The average Bonchev–Trinajstić information content (AvgIpc) is 2.08. The minimum absolute atomic E-state index is 0.118. The van der Waals surface area contributed by atoms with E-state index in [4.69, 9.17) is 0 Å². The van der Waals surface area contributed by atoms with Crippen molar-refractivity contribution in [3.05, 3.63) is 12.2 Å². The van der Waals surface area contributed by atoms with Gasteiger partial charge in [0.15, 0.2) is 0 Å². The largest absolute Gasteiger partial charge is 0.467 e. The van der Waals surface area contributed by atoms with Crippen LogP contribution in [0.15, 0.2) is 12.2 Å². The van der Waals surface area contributed by atoms with E-state index in [1.807, 2.05) is 0 Å². The highest BCUT2D eigenvalue weighted by Gasteiger charge is 2.56. The second-order valence-electron chi connectivity index (χ2n) is 3.53. The van der Waals surface area contributed by atoms with Crippen LogP contribution in [0.25, 0.3) is 0 Å². The van der Waals surface area contributed by atoms with Gasteiger partial charge in [-0.3, -0.25) is 0 Å². The van der Waals surface area contributed by atoms with Crippen molar-refractivity contribution in [1.82, 2.24) is 4.90 Å². The highest BCUT2D eigenvalue weighted by Crippen LogP contribution is 2.35. The third-order valence-corrected chi connectivity index (χ3v) is 1.79. The van der Waals surface area contributed by atoms with Crippen LogP contribution in [-0.2, 0) is 9.53 Å². The average molecular weight is 279 g/mol. The molecule has 1 atom stereocenters. The summed E-state index contributed by atoms with van der Waals surface area (Å²) in [6.07, 6.45) is -11.2. The van der Waals surface area contributed by atoms with Crippen molar-refractivity contribution in [2.45, 2.75) is 32.5 Å². The molecule has 0 aromatic rings. The Labute approximate surface area is 99.0 Å². The third-order valence-electron chi connectivity index (χ3n) is 1.79. The van der Waals surface area contributed by atoms with Crippen LogP contribution in [0.5, 0.6) is 0 Å². The van der Waals surface area contributed by atoms with Crippen LogP contribution in [-0.4, -0.2) is 36.1 Å². The number of carbonyl (C=O) groups excluding carboxylic acids is 1. The van der Waals surface area contributed by atoms with E-state index in [9.17, 15) is 31.1 Å². The van der Waals surface area contributed by atoms with Gasteiger partial charge in [0.05, 0.1) is 6.04 Å². The predicted molar refractivity (Wildman–Crippen MR) is 49.2 cm³/mol. The topological polar surface area (TPSA) is 29.5 Å². The van der Waals surface area contributed by atoms with Crippen LogP contribution >= 0.6 is 0 Å². The summed E-state index contributed by atoms with van der Waals surface area (Å²) in [5.74, 6) is -1.05. The van der Waals surface area contributed by atoms with E-state index in [0.717, 1.165) is 0 Å². The maximum absolute atomic E-state index is 12.2. The van der Waals surface area contributed by atoms with Crippen molar-refractivity contribution in [1.29, 1.82) is 0 Å². The first-order valence-electron chi connectivity index (χ1n) is 4.63. The molecule has 0 radical (unpaired) electrons. The molecule has 0 aliphatic carbocycles. The molecule has 0 saturated carbocycles. The van der Waals surface area contributed by atoms with Crippen molar-refractivity contribution in [2.75, 3.05) is 6.61 Å². The lowest BCUT2D eigenvalue weighted by Crippen LogP contribution is -2.54. The van der Waals surface area contributed by atoms with Crippen LogP contribution in [0, 0.1) is 0 Å². The molecule has 18 heavy (non-hydrogen) atoms. The van der Waals surface area contributed by atoms with Gasteiger partial charge in [0.25, 0.3) is 0 Å². The summed E-state index contributed by atoms with van der Waals surface area (Å²) in [6.45, 7) is 3.96. The molecule has 0 amide bonds. The first-order chi connectivity index (χ1) is 7.87. The SMILES string of the molecule is C=C(C)C(=O)OCC(C)N(C(F)(F)F)C(F)(F)F. The molecular weight excluding hydrogens is 268 g/mol. The third kappa shape index (κ3) is 4.94. The van der Waals surface area contributed by atoms with E-state index < -0.39 is 36.1 Å². The Morgan fingerprint density at radius 1 is 1.22 bits per heavy atom. The quantitative estimate of drug-likeness (QED) is 0.343. The second-order valence-corrected chi connectivity index (χ2v) is 3.53. The van der Waals surface area contributed by atoms with Gasteiger partial charge in [-0.05, 0) is 13.8 Å². The number of hydrogen-bond acceptors (Lipinski definition) is 3. The first kappa shape index (κ1) is 16.8. The molecule has 9 heteroatoms. The molecular formula is C9H11F6NO2. The normalized spacial score (nSPS) is 14.5. The van der Waals surface area contributed by atoms with E-state index in [1.54, 1.807) is 0 Å². The van der Waals surface area contributed by atoms with E-state index in [0.29, 0.717) is 6.92 Å². The Kier molecular flexibility index (Phi) is 5.21. The van der Waals surface area contributed by atoms with Crippen molar-refractivity contribution < 1.29 is 35.9 Å². The summed E-state index contributed by atoms with van der Waals surface area (Å²) in [7, 11) is 0. The molecule has 0 aliphatic rings. The van der Waals surface area contributed by atoms with Gasteiger partial charge in [-0.2, -0.15) is 26.3 Å². The predicted octanol–water partition coefficient (Wildman–Crippen LogP) is 2.84. The highest BCUT2D eigenvalue weighted by molar-refractivity contribution is 5.86. The van der Waals surface area contributed by atoms with Crippen molar-refractivity contribution >= 4 is 5.97 Å². The van der Waals surface area contributed by atoms with E-state index in [-0.39, 0.29) is 5.57 Å². The number of ether oxygens (including phenoxy) is 1. The zero-order valence-electron chi connectivity index (χ0n) is 9.52. The molecule has 0 rings (SSSR count). The van der Waals surface area contributed by atoms with Gasteiger partial charge in [0.1, 0.15) is 6.61 Å². The number of halogens is 6. The Balaban J connectivity index is 4.75. The molecule has 0 bridgehead atoms. The molecule has 0 spiro atoms. The van der Waals surface area contributed by atoms with E-state index in [1.165, 1.54) is 6.92 Å². The number of esters is 1. The summed E-state index contributed by atoms with van der Waals surface area (Å²) in [4.78, 5) is 9.23. The van der Waals surface area contributed by atoms with Crippen LogP contribution in [0.2, 0.25) is 0 Å². The van der Waals surface area contributed by atoms with Gasteiger partial charge >= 0.3 is 18.6 Å². The summed E-state index contributed by atoms with van der Waals surface area (Å²) in [5, 5.41) is 0. The summed E-state index contributed by atoms with van der Waals surface area (Å²) in [5.41, 5.74) is -0.118. The van der Waals surface area contributed by atoms with Crippen LogP contribution in [0.3, 0.4) is 0 Å². The number of carbonyl (C=O) groups is 1. The minimum Gasteiger partial charge on any atom is -0.461 e. The van der Waals surface area contributed by atoms with Gasteiger partial charge in [-0.1, -0.05) is 6.58 Å². The fourth-order valence-electron chi connectivity index (χ4n) is 1.04. The molecule has 0 aliphatic heterocycles. The van der Waals surface area contributed by atoms with Gasteiger partial charge in [-0.15, -0.1) is 4.90 Å². The lowest BCUT2D eigenvalue weighted by Gasteiger charge is -2.31. The van der Waals surface area contributed by atoms with Crippen LogP contribution in [0.4, 0.5) is 26.3 Å². The molecule has 1 unspecified atom stereocenters. The number of hydrogen-bond donors (Lipinski definition) is 0. The molecule has 0 saturated heterocycles. The van der Waals surface area contributed by atoms with E-state index >= 15 is 0 Å². The standard InChI is InChI=1S/C9H11F6NO2/c1-5(2)7(17)18-4-6(3)16(8(10,11)12)9(13,14)15/h6H,1,4H2,2-3H3. The second kappa shape index (κ2) is 5.59. The summed E-state index contributed by atoms with van der Waals surface area (Å²) >= 11 is 0. The van der Waals surface area contributed by atoms with Gasteiger partial charge in [0.2, 0.25) is 0 Å². The maximum atomic E-state index is 12.2. The monoisotopic (exact) mass is 279 g/mol. The zero-order valence-corrected chi connectivity index (χ0v) is 9.52. The highest BCUT2D eigenvalue weighted by atomic mass is 19.4. The maximum Gasteiger partial charge on any atom is 0.467 e. The molecule has 0 aromatic heterocycles. The van der Waals surface area contributed by atoms with Gasteiger partial charge < -0.3 is 4.74 Å².